The van der Waals surface area contributed by atoms with Crippen LogP contribution in [0, 0.1) is 5.82 Å². The van der Waals surface area contributed by atoms with Gasteiger partial charge < -0.3 is 9.72 Å². The highest BCUT2D eigenvalue weighted by molar-refractivity contribution is 5.88. The van der Waals surface area contributed by atoms with Gasteiger partial charge in [-0.3, -0.25) is 10.1 Å². The summed E-state index contributed by atoms with van der Waals surface area (Å²) >= 11 is 0. The summed E-state index contributed by atoms with van der Waals surface area (Å²) in [5.41, 5.74) is 1.03. The lowest BCUT2D eigenvalue weighted by molar-refractivity contribution is -0.137. The van der Waals surface area contributed by atoms with Gasteiger partial charge in [-0.2, -0.15) is 18.3 Å². The number of aromatic nitrogens is 4. The van der Waals surface area contributed by atoms with E-state index in [0.717, 1.165) is 18.2 Å². The summed E-state index contributed by atoms with van der Waals surface area (Å²) in [4.78, 5) is 30.7. The number of hydrogen-bond acceptors (Lipinski definition) is 5. The van der Waals surface area contributed by atoms with Gasteiger partial charge in [0.15, 0.2) is 0 Å². The lowest BCUT2D eigenvalue weighted by Crippen LogP contribution is -2.13. The molecule has 2 heterocycles. The second kappa shape index (κ2) is 9.04. The number of hydrogen-bond donors (Lipinski definition) is 3. The topological polar surface area (TPSA) is 113 Å². The minimum Gasteiger partial charge on any atom is -0.453 e. The molecule has 5 aromatic rings. The first kappa shape index (κ1) is 24.0. The molecule has 0 atom stereocenters. The molecule has 2 aromatic heterocycles. The van der Waals surface area contributed by atoms with Gasteiger partial charge in [-0.15, -0.1) is 0 Å². The quantitative estimate of drug-likeness (QED) is 0.280. The number of H-pyrrole nitrogens is 2. The van der Waals surface area contributed by atoms with E-state index < -0.39 is 29.2 Å². The van der Waals surface area contributed by atoms with Gasteiger partial charge >= 0.3 is 12.3 Å². The number of nitrogens with one attached hydrogen (secondary N) is 3. The normalized spacial score (nSPS) is 11.7. The van der Waals surface area contributed by atoms with Crippen LogP contribution in [-0.4, -0.2) is 33.4 Å². The molecule has 1 amide bonds. The van der Waals surface area contributed by atoms with E-state index in [4.69, 9.17) is 0 Å². The van der Waals surface area contributed by atoms with Crippen LogP contribution in [0.2, 0.25) is 0 Å². The van der Waals surface area contributed by atoms with Crippen molar-refractivity contribution in [1.82, 2.24) is 20.2 Å². The van der Waals surface area contributed by atoms with Crippen LogP contribution in [0.4, 0.5) is 28.3 Å². The molecule has 0 fully saturated rings. The minimum atomic E-state index is -4.59. The maximum atomic E-state index is 14.8. The molecule has 0 aliphatic heterocycles. The maximum absolute atomic E-state index is 14.8. The lowest BCUT2D eigenvalue weighted by Gasteiger charge is -2.11. The van der Waals surface area contributed by atoms with E-state index in [1.807, 2.05) is 0 Å². The van der Waals surface area contributed by atoms with E-state index >= 15 is 0 Å². The first-order valence-electron chi connectivity index (χ1n) is 10.8. The molecule has 37 heavy (non-hydrogen) atoms. The van der Waals surface area contributed by atoms with Gasteiger partial charge in [-0.1, -0.05) is 12.1 Å². The number of fused-ring (bicyclic) bond motifs is 2. The Balaban J connectivity index is 1.52. The molecule has 0 aliphatic carbocycles. The second-order valence-electron chi connectivity index (χ2n) is 8.18. The summed E-state index contributed by atoms with van der Waals surface area (Å²) < 4.78 is 59.2. The summed E-state index contributed by atoms with van der Waals surface area (Å²) in [6.07, 6.45) is -5.25. The Bertz CT molecular complexity index is 1730. The number of anilines is 1. The highest BCUT2D eigenvalue weighted by Crippen LogP contribution is 2.32. The van der Waals surface area contributed by atoms with E-state index in [1.54, 1.807) is 24.3 Å². The van der Waals surface area contributed by atoms with E-state index in [1.165, 1.54) is 19.2 Å². The van der Waals surface area contributed by atoms with E-state index in [0.29, 0.717) is 22.2 Å². The van der Waals surface area contributed by atoms with Gasteiger partial charge in [0, 0.05) is 17.4 Å². The van der Waals surface area contributed by atoms with Crippen molar-refractivity contribution in [2.75, 3.05) is 12.4 Å². The van der Waals surface area contributed by atoms with Crippen molar-refractivity contribution >= 4 is 33.8 Å². The van der Waals surface area contributed by atoms with Crippen LogP contribution in [-0.2, 0) is 17.3 Å². The summed E-state index contributed by atoms with van der Waals surface area (Å²) in [6.45, 7) is 0. The zero-order chi connectivity index (χ0) is 26.3. The van der Waals surface area contributed by atoms with Crippen LogP contribution in [0.1, 0.15) is 16.8 Å². The Labute approximate surface area is 205 Å². The van der Waals surface area contributed by atoms with Crippen molar-refractivity contribution in [3.63, 3.8) is 0 Å². The van der Waals surface area contributed by atoms with Gasteiger partial charge in [0.05, 0.1) is 34.8 Å². The van der Waals surface area contributed by atoms with Gasteiger partial charge in [-0.25, -0.2) is 19.3 Å². The van der Waals surface area contributed by atoms with E-state index in [9.17, 15) is 27.2 Å². The van der Waals surface area contributed by atoms with Crippen LogP contribution in [0.3, 0.4) is 0 Å². The van der Waals surface area contributed by atoms with Gasteiger partial charge in [-0.05, 0) is 53.6 Å². The first-order valence-corrected chi connectivity index (χ1v) is 10.8. The van der Waals surface area contributed by atoms with Crippen molar-refractivity contribution < 1.29 is 27.1 Å². The Morgan fingerprint density at radius 2 is 1.86 bits per heavy atom. The number of methoxy groups -OCH3 is 1. The zero-order valence-corrected chi connectivity index (χ0v) is 19.0. The number of aromatic amines is 2. The van der Waals surface area contributed by atoms with Crippen LogP contribution in [0.15, 0.2) is 59.4 Å². The summed E-state index contributed by atoms with van der Waals surface area (Å²) in [6, 6.07) is 12.1. The maximum Gasteiger partial charge on any atom is 0.416 e. The van der Waals surface area contributed by atoms with Crippen molar-refractivity contribution in [1.29, 1.82) is 0 Å². The number of nitrogens with zero attached hydrogens (tertiary/aromatic N) is 2. The van der Waals surface area contributed by atoms with Crippen LogP contribution < -0.4 is 10.9 Å². The average Bonchev–Trinajstić information content (AvgIpc) is 3.27. The molecule has 0 unspecified atom stereocenters. The van der Waals surface area contributed by atoms with Gasteiger partial charge in [0.2, 0.25) is 5.95 Å². The first-order chi connectivity index (χ1) is 17.6. The smallest absolute Gasteiger partial charge is 0.416 e. The molecule has 8 nitrogen and oxygen atoms in total. The SMILES string of the molecule is COC(=O)Nc1nc2cc(-c3cc(Cc4n[nH]c(=O)c5ccc(C(F)(F)F)cc45)ccc3F)ccc2[nH]1. The number of carbonyl (C=O) groups excluding carboxylic acids is 1. The molecule has 0 bridgehead atoms. The fraction of sp³-hybridized carbons (Fsp3) is 0.120. The Morgan fingerprint density at radius 3 is 2.62 bits per heavy atom. The predicted molar refractivity (Wildman–Crippen MR) is 128 cm³/mol. The molecule has 0 saturated carbocycles. The van der Waals surface area contributed by atoms with Gasteiger partial charge in [0.1, 0.15) is 5.82 Å². The summed E-state index contributed by atoms with van der Waals surface area (Å²) in [5, 5.41) is 8.82. The van der Waals surface area contributed by atoms with Crippen molar-refractivity contribution in [3.8, 4) is 11.1 Å². The standard InChI is InChI=1S/C25H17F4N5O3/c1-37-24(36)32-23-30-19-7-3-13(10-21(19)31-23)16-8-12(2-6-18(16)26)9-20-17-11-14(25(27,28)29)4-5-15(17)22(35)34-33-20/h2-8,10-11H,9H2,1H3,(H,34,35)(H2,30,31,32,36). The molecular weight excluding hydrogens is 494 g/mol. The lowest BCUT2D eigenvalue weighted by atomic mass is 9.98. The molecule has 5 rings (SSSR count). The third-order valence-corrected chi connectivity index (χ3v) is 5.80. The molecule has 12 heteroatoms. The third kappa shape index (κ3) is 4.73. The number of rotatable bonds is 4. The fourth-order valence-electron chi connectivity index (χ4n) is 4.01. The largest absolute Gasteiger partial charge is 0.453 e. The highest BCUT2D eigenvalue weighted by atomic mass is 19.4. The Kier molecular flexibility index (Phi) is 5.86. The minimum absolute atomic E-state index is 0.0414. The second-order valence-corrected chi connectivity index (χ2v) is 8.18. The van der Waals surface area contributed by atoms with E-state index in [2.05, 4.69) is 30.2 Å². The number of imidazole rings is 1. The molecule has 0 spiro atoms. The van der Waals surface area contributed by atoms with Crippen molar-refractivity contribution in [2.24, 2.45) is 0 Å². The van der Waals surface area contributed by atoms with Gasteiger partial charge in [0.25, 0.3) is 5.56 Å². The number of benzene rings is 3. The Morgan fingerprint density at radius 1 is 1.05 bits per heavy atom. The monoisotopic (exact) mass is 511 g/mol. The number of carbonyl (C=O) groups is 1. The number of ether oxygens (including phenoxy) is 1. The van der Waals surface area contributed by atoms with Crippen LogP contribution in [0.25, 0.3) is 32.9 Å². The molecule has 0 saturated heterocycles. The molecule has 0 aliphatic rings. The molecular formula is C25H17F4N5O3. The molecule has 3 N–H and O–H groups in total. The highest BCUT2D eigenvalue weighted by Gasteiger charge is 2.31. The number of amides is 1. The van der Waals surface area contributed by atoms with Crippen LogP contribution >= 0.6 is 0 Å². The summed E-state index contributed by atoms with van der Waals surface area (Å²) in [7, 11) is 1.21. The fourth-order valence-corrected chi connectivity index (χ4v) is 4.01. The molecule has 188 valence electrons. The zero-order valence-electron chi connectivity index (χ0n) is 19.0. The van der Waals surface area contributed by atoms with Crippen molar-refractivity contribution in [3.05, 3.63) is 87.6 Å². The third-order valence-electron chi connectivity index (χ3n) is 5.80. The number of alkyl halides is 3. The predicted octanol–water partition coefficient (Wildman–Crippen LogP) is 5.39. The molecule has 3 aromatic carbocycles. The average molecular weight is 511 g/mol. The van der Waals surface area contributed by atoms with Crippen LogP contribution in [0.5, 0.6) is 0 Å². The summed E-state index contributed by atoms with van der Waals surface area (Å²) in [5.74, 6) is -0.368. The Hall–Kier alpha value is -4.74. The van der Waals surface area contributed by atoms with E-state index in [-0.39, 0.29) is 34.4 Å². The van der Waals surface area contributed by atoms with Crippen molar-refractivity contribution in [2.45, 2.75) is 12.6 Å². The molecule has 0 radical (unpaired) electrons. The number of halogens is 4.